The van der Waals surface area contributed by atoms with Gasteiger partial charge in [-0.1, -0.05) is 40.8 Å². The molecule has 0 amide bonds. The Morgan fingerprint density at radius 1 is 0.655 bits per heavy atom. The predicted octanol–water partition coefficient (Wildman–Crippen LogP) is 13.2. The van der Waals surface area contributed by atoms with E-state index in [-0.39, 0.29) is 36.4 Å². The van der Waals surface area contributed by atoms with Crippen LogP contribution in [-0.4, -0.2) is 69.3 Å². The number of hydrogen-bond donors (Lipinski definition) is 0. The van der Waals surface area contributed by atoms with Gasteiger partial charge in [-0.2, -0.15) is 0 Å². The monoisotopic (exact) mass is 1020 g/mol. The van der Waals surface area contributed by atoms with Crippen molar-refractivity contribution in [1.29, 1.82) is 0 Å². The fourth-order valence-electron chi connectivity index (χ4n) is 7.51. The van der Waals surface area contributed by atoms with Crippen LogP contribution in [0.5, 0.6) is 11.5 Å². The Labute approximate surface area is 368 Å². The Balaban J connectivity index is 0.000000338. The number of unbranched alkanes of at least 4 members (excludes halogenated alkanes) is 3. The van der Waals surface area contributed by atoms with Gasteiger partial charge in [-0.05, 0) is 41.5 Å². The zero-order valence-electron chi connectivity index (χ0n) is 36.2. The van der Waals surface area contributed by atoms with Gasteiger partial charge in [0.15, 0.2) is 6.29 Å². The topological polar surface area (TPSA) is 89.5 Å². The normalized spacial score (nSPS) is 18.2. The molecule has 58 heavy (non-hydrogen) atoms. The largest absolute Gasteiger partial charge is 0.466 e. The van der Waals surface area contributed by atoms with Crippen LogP contribution in [0.4, 0.5) is 0 Å². The van der Waals surface area contributed by atoms with Crippen LogP contribution in [0.1, 0.15) is 147 Å². The minimum absolute atomic E-state index is 0.0194. The molecule has 0 bridgehead atoms. The number of allylic oxidation sites excluding steroid dienone is 2. The van der Waals surface area contributed by atoms with Gasteiger partial charge in [0.05, 0.1) is 19.6 Å². The average molecular weight is 1020 g/mol. The second kappa shape index (κ2) is 30.0. The van der Waals surface area contributed by atoms with Crippen LogP contribution in [0.25, 0.3) is 0 Å². The Morgan fingerprint density at radius 3 is 1.41 bits per heavy atom. The molecule has 0 radical (unpaired) electrons. The first kappa shape index (κ1) is 50.3. The first-order chi connectivity index (χ1) is 28.3. The second-order valence-electron chi connectivity index (χ2n) is 15.5. The van der Waals surface area contributed by atoms with Crippen molar-refractivity contribution in [1.82, 2.24) is 0 Å². The Hall–Kier alpha value is -2.09. The molecule has 8 nitrogen and oxygen atoms in total. The molecular weight excluding hydrogens is 950 g/mol. The molecule has 10 heteroatoms. The summed E-state index contributed by atoms with van der Waals surface area (Å²) in [7, 11) is 0. The van der Waals surface area contributed by atoms with Gasteiger partial charge < -0.3 is 14.2 Å². The van der Waals surface area contributed by atoms with Crippen molar-refractivity contribution in [2.45, 2.75) is 162 Å². The van der Waals surface area contributed by atoms with E-state index in [1.807, 2.05) is 60.4 Å². The van der Waals surface area contributed by atoms with E-state index in [1.54, 1.807) is 0 Å². The molecule has 2 saturated heterocycles. The minimum atomic E-state index is -2.44. The van der Waals surface area contributed by atoms with Gasteiger partial charge in [-0.3, -0.25) is 4.79 Å². The fourth-order valence-corrected chi connectivity index (χ4v) is 22.5. The van der Waals surface area contributed by atoms with Gasteiger partial charge in [-0.15, -0.1) is 0 Å². The molecule has 4 rings (SSSR count). The molecule has 0 aromatic heterocycles. The summed E-state index contributed by atoms with van der Waals surface area (Å²) in [5.41, 5.74) is 2.23. The molecule has 2 aliphatic heterocycles. The van der Waals surface area contributed by atoms with Gasteiger partial charge >= 0.3 is 226 Å². The van der Waals surface area contributed by atoms with E-state index in [1.165, 1.54) is 51.8 Å². The summed E-state index contributed by atoms with van der Waals surface area (Å²) in [4.78, 5) is 24.2. The van der Waals surface area contributed by atoms with Crippen molar-refractivity contribution in [3.63, 3.8) is 0 Å². The number of ether oxygens (including phenoxy) is 6. The van der Waals surface area contributed by atoms with Crippen LogP contribution in [0, 0.1) is 0 Å². The van der Waals surface area contributed by atoms with Gasteiger partial charge in [-0.25, -0.2) is 0 Å². The number of rotatable bonds is 24. The predicted molar refractivity (Wildman–Crippen MR) is 247 cm³/mol. The first-order valence-corrected chi connectivity index (χ1v) is 31.3. The molecule has 0 spiro atoms. The summed E-state index contributed by atoms with van der Waals surface area (Å²) in [6.45, 7) is 13.0. The number of benzene rings is 2. The summed E-state index contributed by atoms with van der Waals surface area (Å²) in [6.07, 6.45) is 19.1. The maximum absolute atomic E-state index is 12.5. The van der Waals surface area contributed by atoms with Crippen molar-refractivity contribution in [2.75, 3.05) is 26.4 Å². The van der Waals surface area contributed by atoms with Crippen LogP contribution in [0.2, 0.25) is 13.3 Å². The standard InChI is InChI=1S/C18H23IO4.C18H23O4.3C4H9.Sn/c1-2-21-17(20)13-15(10-11-19)14-6-8-16(9-7-14)23-18-5-3-4-12-22-18;1-3-14(13-17(19)20-4-2)15-8-10-16(11-9-15)22-18-7-5-6-12-21-18;3*1-3-4-2;/h6-11,15,18H,2-5,12-13H2,1H3;1,3,8-11,14,18H,4-7,12-13H2,2H3;3*1,3-4H2,2H3;/b11-10+;;;;;/t15-,18?;14-,18?;;;;/m11..../s1. The number of esters is 2. The molecule has 2 aliphatic rings. The molecule has 2 fully saturated rings. The minimum Gasteiger partial charge on any atom is -0.466 e. The molecule has 2 unspecified atom stereocenters. The van der Waals surface area contributed by atoms with E-state index >= 15 is 0 Å². The number of carbonyl (C=O) groups is 2. The van der Waals surface area contributed by atoms with E-state index in [4.69, 9.17) is 28.4 Å². The maximum atomic E-state index is 12.5. The second-order valence-corrected chi connectivity index (χ2v) is 29.3. The van der Waals surface area contributed by atoms with Crippen molar-refractivity contribution in [3.8, 4) is 11.5 Å². The van der Waals surface area contributed by atoms with Gasteiger partial charge in [0.25, 0.3) is 0 Å². The first-order valence-electron chi connectivity index (χ1n) is 22.3. The zero-order valence-corrected chi connectivity index (χ0v) is 41.2. The molecular formula is C48H73IO8Sn. The molecule has 324 valence electrons. The third-order valence-corrected chi connectivity index (χ3v) is 25.4. The van der Waals surface area contributed by atoms with Gasteiger partial charge in [0.1, 0.15) is 5.75 Å². The number of halogens is 1. The smallest absolute Gasteiger partial charge is 0.306 e. The summed E-state index contributed by atoms with van der Waals surface area (Å²) in [6, 6.07) is 16.2. The molecule has 0 aliphatic carbocycles. The SMILES string of the molecule is CCC[CH2][Sn](/[CH]=C/[C@H](CC(=O)OCC)c1ccc(OC2CCCCO2)cc1)([CH2]CCC)[CH2]CCC.CCOC(=O)C[C@@H](/C=C/I)c1ccc(OC2CCCCO2)cc1. The van der Waals surface area contributed by atoms with Crippen molar-refractivity contribution in [2.24, 2.45) is 0 Å². The Bertz CT molecular complexity index is 1430. The number of hydrogen-bond acceptors (Lipinski definition) is 8. The van der Waals surface area contributed by atoms with Crippen LogP contribution >= 0.6 is 22.6 Å². The molecule has 0 N–H and O–H groups in total. The molecule has 2 aromatic carbocycles. The van der Waals surface area contributed by atoms with E-state index in [0.29, 0.717) is 26.1 Å². The zero-order chi connectivity index (χ0) is 41.9. The van der Waals surface area contributed by atoms with E-state index < -0.39 is 18.4 Å². The average Bonchev–Trinajstić information content (AvgIpc) is 3.24. The Morgan fingerprint density at radius 2 is 1.07 bits per heavy atom. The molecule has 2 aromatic rings. The third kappa shape index (κ3) is 19.5. The quantitative estimate of drug-likeness (QED) is 0.0584. The molecule has 4 atom stereocenters. The summed E-state index contributed by atoms with van der Waals surface area (Å²) < 4.78 is 42.5. The van der Waals surface area contributed by atoms with Crippen LogP contribution in [-0.2, 0) is 28.5 Å². The van der Waals surface area contributed by atoms with Gasteiger partial charge in [0, 0.05) is 12.3 Å². The van der Waals surface area contributed by atoms with E-state index in [9.17, 15) is 9.59 Å². The van der Waals surface area contributed by atoms with Crippen LogP contribution < -0.4 is 9.47 Å². The maximum Gasteiger partial charge on any atom is 0.306 e. The van der Waals surface area contributed by atoms with Gasteiger partial charge in [0.2, 0.25) is 0 Å². The third-order valence-electron chi connectivity index (χ3n) is 10.9. The van der Waals surface area contributed by atoms with E-state index in [2.05, 4.69) is 65.7 Å². The van der Waals surface area contributed by atoms with Crippen molar-refractivity contribution >= 4 is 52.9 Å². The summed E-state index contributed by atoms with van der Waals surface area (Å²) in [5.74, 6) is 1.41. The van der Waals surface area contributed by atoms with Crippen molar-refractivity contribution < 1.29 is 38.0 Å². The number of carbonyl (C=O) groups excluding carboxylic acids is 2. The van der Waals surface area contributed by atoms with Crippen molar-refractivity contribution in [3.05, 3.63) is 80.0 Å². The fraction of sp³-hybridized carbons (Fsp3) is 0.625. The van der Waals surface area contributed by atoms with Crippen LogP contribution in [0.3, 0.4) is 0 Å². The van der Waals surface area contributed by atoms with E-state index in [0.717, 1.165) is 74.4 Å². The van der Waals surface area contributed by atoms with Crippen LogP contribution in [0.15, 0.2) is 68.9 Å². The molecule has 2 heterocycles. The molecule has 0 saturated carbocycles. The summed E-state index contributed by atoms with van der Waals surface area (Å²) in [5, 5.41) is 0. The summed E-state index contributed by atoms with van der Waals surface area (Å²) >= 11 is -0.270. The Kier molecular flexibility index (Phi) is 26.0.